The molecule has 0 spiro atoms. The van der Waals surface area contributed by atoms with Gasteiger partial charge in [0.25, 0.3) is 11.8 Å². The van der Waals surface area contributed by atoms with Crippen LogP contribution in [0.4, 0.5) is 4.39 Å². The highest BCUT2D eigenvalue weighted by atomic mass is 35.5. The van der Waals surface area contributed by atoms with Crippen molar-refractivity contribution in [1.29, 1.82) is 0 Å². The molecule has 0 unspecified atom stereocenters. The smallest absolute Gasteiger partial charge is 0.263 e. The zero-order valence-corrected chi connectivity index (χ0v) is 18.6. The van der Waals surface area contributed by atoms with E-state index in [0.717, 1.165) is 6.33 Å². The van der Waals surface area contributed by atoms with Crippen LogP contribution in [0.1, 0.15) is 5.56 Å². The average molecular weight is 492 g/mol. The zero-order valence-electron chi connectivity index (χ0n) is 17.1. The van der Waals surface area contributed by atoms with Crippen molar-refractivity contribution in [3.8, 4) is 23.3 Å². The van der Waals surface area contributed by atoms with Crippen molar-refractivity contribution < 1.29 is 23.5 Å². The number of aromatic nitrogens is 2. The van der Waals surface area contributed by atoms with E-state index in [-0.39, 0.29) is 33.3 Å². The normalized spacial score (nSPS) is 13.7. The monoisotopic (exact) mass is 491 g/mol. The third-order valence-electron chi connectivity index (χ3n) is 4.24. The molecule has 9 nitrogen and oxygen atoms in total. The summed E-state index contributed by atoms with van der Waals surface area (Å²) >= 11 is 12.1. The van der Waals surface area contributed by atoms with Gasteiger partial charge in [-0.15, -0.1) is 0 Å². The molecule has 0 fully saturated rings. The molecule has 0 saturated heterocycles. The molecule has 0 atom stereocenters. The number of para-hydroxylation sites is 1. The second kappa shape index (κ2) is 10.4. The predicted octanol–water partition coefficient (Wildman–Crippen LogP) is 4.79. The molecule has 3 aromatic rings. The van der Waals surface area contributed by atoms with E-state index in [1.807, 2.05) is 0 Å². The molecule has 2 aromatic carbocycles. The van der Waals surface area contributed by atoms with E-state index in [1.54, 1.807) is 36.4 Å². The number of aliphatic imine (C=N–C) groups is 1. The molecule has 1 aliphatic heterocycles. The summed E-state index contributed by atoms with van der Waals surface area (Å²) in [5, 5.41) is 4.39. The van der Waals surface area contributed by atoms with Crippen molar-refractivity contribution in [3.05, 3.63) is 70.2 Å². The molecule has 1 aliphatic rings. The van der Waals surface area contributed by atoms with Gasteiger partial charge in [0.1, 0.15) is 30.0 Å². The number of hydrogen-bond donors (Lipinski definition) is 1. The quantitative estimate of drug-likeness (QED) is 0.374. The molecule has 33 heavy (non-hydrogen) atoms. The van der Waals surface area contributed by atoms with Crippen LogP contribution in [0.25, 0.3) is 0 Å². The Labute approximate surface area is 197 Å². The third-order valence-corrected chi connectivity index (χ3v) is 5.04. The number of amidine groups is 1. The van der Waals surface area contributed by atoms with Crippen molar-refractivity contribution in [2.75, 3.05) is 20.3 Å². The first-order valence-corrected chi connectivity index (χ1v) is 10.3. The molecule has 2 heterocycles. The Morgan fingerprint density at radius 1 is 1.06 bits per heavy atom. The summed E-state index contributed by atoms with van der Waals surface area (Å²) < 4.78 is 26.4. The predicted molar refractivity (Wildman–Crippen MR) is 120 cm³/mol. The molecule has 170 valence electrons. The average Bonchev–Trinajstić information content (AvgIpc) is 2.84. The van der Waals surface area contributed by atoms with Gasteiger partial charge in [0.2, 0.25) is 5.82 Å². The van der Waals surface area contributed by atoms with E-state index in [1.165, 1.54) is 13.2 Å². The molecular weight excluding hydrogens is 476 g/mol. The first-order valence-electron chi connectivity index (χ1n) is 9.52. The van der Waals surface area contributed by atoms with Crippen LogP contribution >= 0.6 is 23.2 Å². The van der Waals surface area contributed by atoms with Gasteiger partial charge in [-0.25, -0.2) is 5.48 Å². The molecule has 4 rings (SSSR count). The summed E-state index contributed by atoms with van der Waals surface area (Å²) in [4.78, 5) is 22.2. The highest BCUT2D eigenvalue weighted by Gasteiger charge is 2.23. The molecule has 12 heteroatoms. The van der Waals surface area contributed by atoms with Gasteiger partial charge in [-0.3, -0.25) is 9.83 Å². The lowest BCUT2D eigenvalue weighted by Gasteiger charge is -2.17. The topological polar surface area (TPSA) is 99.5 Å². The van der Waals surface area contributed by atoms with E-state index in [0.29, 0.717) is 30.3 Å². The maximum absolute atomic E-state index is 15.1. The van der Waals surface area contributed by atoms with E-state index >= 15 is 4.39 Å². The van der Waals surface area contributed by atoms with E-state index in [4.69, 9.17) is 42.4 Å². The van der Waals surface area contributed by atoms with E-state index < -0.39 is 5.82 Å². The van der Waals surface area contributed by atoms with Crippen molar-refractivity contribution in [2.45, 2.75) is 0 Å². The van der Waals surface area contributed by atoms with Crippen LogP contribution < -0.4 is 15.0 Å². The number of nitrogens with one attached hydrogen (secondary N) is 1. The van der Waals surface area contributed by atoms with Gasteiger partial charge in [-0.05, 0) is 24.3 Å². The Bertz CT molecular complexity index is 1230. The Morgan fingerprint density at radius 2 is 1.79 bits per heavy atom. The number of benzene rings is 2. The van der Waals surface area contributed by atoms with Crippen molar-refractivity contribution in [3.63, 3.8) is 0 Å². The van der Waals surface area contributed by atoms with Gasteiger partial charge < -0.3 is 14.3 Å². The number of hydrogen-bond acceptors (Lipinski definition) is 9. The second-order valence-corrected chi connectivity index (χ2v) is 7.14. The Balaban J connectivity index is 1.67. The van der Waals surface area contributed by atoms with Crippen LogP contribution in [0.5, 0.6) is 23.3 Å². The molecule has 0 radical (unpaired) electrons. The van der Waals surface area contributed by atoms with Gasteiger partial charge in [0.15, 0.2) is 11.5 Å². The van der Waals surface area contributed by atoms with Crippen molar-refractivity contribution >= 4 is 34.7 Å². The maximum atomic E-state index is 15.1. The number of rotatable bonds is 7. The SMILES string of the molecule is CON=C(C1=NCCON1)c1ccccc1Oc1ncnc(Oc2cccc(Cl)c2Cl)c1F. The Kier molecular flexibility index (Phi) is 7.18. The minimum atomic E-state index is -0.940. The van der Waals surface area contributed by atoms with Crippen LogP contribution in [-0.2, 0) is 9.68 Å². The summed E-state index contributed by atoms with van der Waals surface area (Å²) in [6.45, 7) is 0.842. The largest absolute Gasteiger partial charge is 0.436 e. The number of nitrogens with zero attached hydrogens (tertiary/aromatic N) is 4. The van der Waals surface area contributed by atoms with Crippen LogP contribution in [0.15, 0.2) is 58.9 Å². The van der Waals surface area contributed by atoms with Gasteiger partial charge in [-0.1, -0.05) is 46.6 Å². The summed E-state index contributed by atoms with van der Waals surface area (Å²) in [6.07, 6.45) is 1.10. The standard InChI is InChI=1S/C21H16Cl2FN5O4/c1-30-28-18(19-25-9-10-31-29-19)12-5-2-3-7-14(12)32-20-17(24)21(27-11-26-20)33-15-8-4-6-13(22)16(15)23/h2-8,11H,9-10H2,1H3,(H,25,29). The number of halogens is 3. The fourth-order valence-corrected chi connectivity index (χ4v) is 3.12. The van der Waals surface area contributed by atoms with Gasteiger partial charge in [0.05, 0.1) is 23.7 Å². The molecule has 0 bridgehead atoms. The van der Waals surface area contributed by atoms with Crippen LogP contribution in [0.3, 0.4) is 0 Å². The highest BCUT2D eigenvalue weighted by Crippen LogP contribution is 2.36. The lowest BCUT2D eigenvalue weighted by molar-refractivity contribution is 0.0836. The Morgan fingerprint density at radius 3 is 2.52 bits per heavy atom. The van der Waals surface area contributed by atoms with Gasteiger partial charge in [-0.2, -0.15) is 14.4 Å². The summed E-state index contributed by atoms with van der Waals surface area (Å²) in [6, 6.07) is 11.5. The first kappa shape index (κ1) is 22.7. The lowest BCUT2D eigenvalue weighted by Crippen LogP contribution is -2.37. The van der Waals surface area contributed by atoms with Crippen LogP contribution in [0.2, 0.25) is 10.0 Å². The fourth-order valence-electron chi connectivity index (χ4n) is 2.79. The number of ether oxygens (including phenoxy) is 2. The molecule has 0 aliphatic carbocycles. The van der Waals surface area contributed by atoms with E-state index in [9.17, 15) is 0 Å². The third kappa shape index (κ3) is 5.14. The molecule has 0 saturated carbocycles. The van der Waals surface area contributed by atoms with Crippen LogP contribution in [-0.4, -0.2) is 41.8 Å². The second-order valence-electron chi connectivity index (χ2n) is 6.35. The lowest BCUT2D eigenvalue weighted by atomic mass is 10.1. The van der Waals surface area contributed by atoms with Crippen LogP contribution in [0, 0.1) is 5.82 Å². The van der Waals surface area contributed by atoms with Gasteiger partial charge in [0, 0.05) is 0 Å². The van der Waals surface area contributed by atoms with Crippen molar-refractivity contribution in [1.82, 2.24) is 15.4 Å². The summed E-state index contributed by atoms with van der Waals surface area (Å²) in [7, 11) is 1.39. The fraction of sp³-hybridized carbons (Fsp3) is 0.143. The first-order chi connectivity index (χ1) is 16.1. The van der Waals surface area contributed by atoms with Gasteiger partial charge >= 0.3 is 0 Å². The summed E-state index contributed by atoms with van der Waals surface area (Å²) in [5.74, 6) is -1.01. The maximum Gasteiger partial charge on any atom is 0.263 e. The molecule has 0 amide bonds. The molecular formula is C21H16Cl2FN5O4. The molecule has 1 N–H and O–H groups in total. The minimum absolute atomic E-state index is 0.119. The number of hydroxylamine groups is 1. The minimum Gasteiger partial charge on any atom is -0.436 e. The van der Waals surface area contributed by atoms with Crippen molar-refractivity contribution in [2.24, 2.45) is 10.1 Å². The van der Waals surface area contributed by atoms with E-state index in [2.05, 4.69) is 25.6 Å². The zero-order chi connectivity index (χ0) is 23.2. The summed E-state index contributed by atoms with van der Waals surface area (Å²) in [5.41, 5.74) is 3.44. The highest BCUT2D eigenvalue weighted by molar-refractivity contribution is 6.47. The Hall–Kier alpha value is -3.47. The number of oxime groups is 1. The molecule has 1 aromatic heterocycles.